The number of benzene rings is 5. The van der Waals surface area contributed by atoms with Crippen LogP contribution in [-0.4, -0.2) is 6.16 Å². The van der Waals surface area contributed by atoms with Gasteiger partial charge in [-0.15, -0.1) is 0 Å². The molecule has 29 heavy (non-hydrogen) atoms. The van der Waals surface area contributed by atoms with Crippen LogP contribution in [0.2, 0.25) is 0 Å². The molecule has 0 N–H and O–H groups in total. The smallest absolute Gasteiger partial charge is 0.0145 e. The standard InChI is InChI=1S/C28H23P/c1-3-14-26(15-4-1)29(27-16-5-2-6-17-27)19-18-22-12-9-13-25-20-23-10-7-8-11-24(23)21-28(22)25/h1-17,20-21H,18-19H2. The van der Waals surface area contributed by atoms with Gasteiger partial charge in [0.1, 0.15) is 0 Å². The van der Waals surface area contributed by atoms with Crippen LogP contribution in [0.1, 0.15) is 5.56 Å². The molecule has 0 atom stereocenters. The van der Waals surface area contributed by atoms with Crippen LogP contribution in [0.4, 0.5) is 0 Å². The molecule has 0 saturated carbocycles. The molecule has 0 aliphatic rings. The summed E-state index contributed by atoms with van der Waals surface area (Å²) < 4.78 is 0. The van der Waals surface area contributed by atoms with E-state index in [1.807, 2.05) is 0 Å². The van der Waals surface area contributed by atoms with Crippen molar-refractivity contribution in [2.24, 2.45) is 0 Å². The molecule has 0 bridgehead atoms. The van der Waals surface area contributed by atoms with Crippen molar-refractivity contribution in [3.05, 3.63) is 121 Å². The first-order valence-electron chi connectivity index (χ1n) is 10.2. The maximum Gasteiger partial charge on any atom is -0.0145 e. The Bertz CT molecular complexity index is 1200. The van der Waals surface area contributed by atoms with Crippen molar-refractivity contribution in [1.29, 1.82) is 0 Å². The third kappa shape index (κ3) is 3.82. The molecule has 0 fully saturated rings. The van der Waals surface area contributed by atoms with Crippen LogP contribution in [0.3, 0.4) is 0 Å². The van der Waals surface area contributed by atoms with E-state index < -0.39 is 0 Å². The highest BCUT2D eigenvalue weighted by Gasteiger charge is 2.14. The Morgan fingerprint density at radius 3 is 1.69 bits per heavy atom. The molecule has 0 nitrogen and oxygen atoms in total. The van der Waals surface area contributed by atoms with Gasteiger partial charge in [0.15, 0.2) is 0 Å². The van der Waals surface area contributed by atoms with Crippen LogP contribution < -0.4 is 10.6 Å². The zero-order chi connectivity index (χ0) is 19.5. The van der Waals surface area contributed by atoms with Crippen molar-refractivity contribution in [3.63, 3.8) is 0 Å². The quantitative estimate of drug-likeness (QED) is 0.232. The molecule has 140 valence electrons. The van der Waals surface area contributed by atoms with Gasteiger partial charge in [-0.3, -0.25) is 0 Å². The molecule has 0 radical (unpaired) electrons. The Labute approximate surface area is 173 Å². The number of fused-ring (bicyclic) bond motifs is 2. The van der Waals surface area contributed by atoms with Crippen molar-refractivity contribution in [2.75, 3.05) is 6.16 Å². The Hall–Kier alpha value is -2.95. The van der Waals surface area contributed by atoms with Gasteiger partial charge in [-0.2, -0.15) is 0 Å². The molecule has 0 aliphatic carbocycles. The van der Waals surface area contributed by atoms with E-state index in [-0.39, 0.29) is 7.92 Å². The Balaban J connectivity index is 1.51. The normalized spacial score (nSPS) is 11.3. The second kappa shape index (κ2) is 8.19. The molecule has 0 amide bonds. The molecule has 0 unspecified atom stereocenters. The first-order valence-corrected chi connectivity index (χ1v) is 11.7. The van der Waals surface area contributed by atoms with E-state index in [9.17, 15) is 0 Å². The van der Waals surface area contributed by atoms with E-state index in [1.54, 1.807) is 0 Å². The molecule has 5 rings (SSSR count). The lowest BCUT2D eigenvalue weighted by molar-refractivity contribution is 1.17. The third-order valence-corrected chi connectivity index (χ3v) is 8.09. The molecule has 1 heteroatoms. The molecular weight excluding hydrogens is 367 g/mol. The molecule has 5 aromatic rings. The minimum atomic E-state index is -0.365. The maximum atomic E-state index is 2.37. The van der Waals surface area contributed by atoms with E-state index in [0.29, 0.717) is 0 Å². The molecule has 5 aromatic carbocycles. The maximum absolute atomic E-state index is 2.37. The average molecular weight is 390 g/mol. The third-order valence-electron chi connectivity index (χ3n) is 5.58. The predicted molar refractivity (Wildman–Crippen MR) is 129 cm³/mol. The first-order chi connectivity index (χ1) is 14.4. The summed E-state index contributed by atoms with van der Waals surface area (Å²) in [4.78, 5) is 0. The fraction of sp³-hybridized carbons (Fsp3) is 0.0714. The van der Waals surface area contributed by atoms with Crippen molar-refractivity contribution in [1.82, 2.24) is 0 Å². The zero-order valence-electron chi connectivity index (χ0n) is 16.3. The summed E-state index contributed by atoms with van der Waals surface area (Å²) in [6, 6.07) is 42.1. The fourth-order valence-corrected chi connectivity index (χ4v) is 6.45. The van der Waals surface area contributed by atoms with Crippen LogP contribution >= 0.6 is 7.92 Å². The summed E-state index contributed by atoms with van der Waals surface area (Å²) in [6.45, 7) is 0. The summed E-state index contributed by atoms with van der Waals surface area (Å²) in [5, 5.41) is 8.28. The largest absolute Gasteiger partial charge is 0.0622 e. The first kappa shape index (κ1) is 18.1. The van der Waals surface area contributed by atoms with Crippen LogP contribution in [0, 0.1) is 0 Å². The molecule has 0 spiro atoms. The van der Waals surface area contributed by atoms with Gasteiger partial charge in [-0.25, -0.2) is 0 Å². The molecule has 0 heterocycles. The topological polar surface area (TPSA) is 0 Å². The lowest BCUT2D eigenvalue weighted by atomic mass is 9.99. The van der Waals surface area contributed by atoms with Crippen molar-refractivity contribution >= 4 is 40.1 Å². The monoisotopic (exact) mass is 390 g/mol. The molecule has 0 saturated heterocycles. The summed E-state index contributed by atoms with van der Waals surface area (Å²) in [5.74, 6) is 0. The minimum Gasteiger partial charge on any atom is -0.0622 e. The van der Waals surface area contributed by atoms with E-state index in [1.165, 1.54) is 37.7 Å². The Morgan fingerprint density at radius 2 is 1.03 bits per heavy atom. The second-order valence-corrected chi connectivity index (χ2v) is 9.75. The van der Waals surface area contributed by atoms with Crippen LogP contribution in [0.5, 0.6) is 0 Å². The Kier molecular flexibility index (Phi) is 5.11. The molecular formula is C28H23P. The summed E-state index contributed by atoms with van der Waals surface area (Å²) in [5.41, 5.74) is 1.45. The number of hydrogen-bond donors (Lipinski definition) is 0. The average Bonchev–Trinajstić information content (AvgIpc) is 2.79. The van der Waals surface area contributed by atoms with Gasteiger partial charge >= 0.3 is 0 Å². The number of rotatable bonds is 5. The SMILES string of the molecule is c1ccc(P(CCc2cccc3cc4ccccc4cc23)c2ccccc2)cc1. The van der Waals surface area contributed by atoms with Gasteiger partial charge in [-0.05, 0) is 70.4 Å². The molecule has 0 aromatic heterocycles. The van der Waals surface area contributed by atoms with Crippen LogP contribution in [-0.2, 0) is 6.42 Å². The summed E-state index contributed by atoms with van der Waals surface area (Å²) in [7, 11) is -0.365. The minimum absolute atomic E-state index is 0.365. The Morgan fingerprint density at radius 1 is 0.483 bits per heavy atom. The van der Waals surface area contributed by atoms with E-state index in [4.69, 9.17) is 0 Å². The van der Waals surface area contributed by atoms with Gasteiger partial charge in [0.2, 0.25) is 0 Å². The van der Waals surface area contributed by atoms with E-state index in [2.05, 4.69) is 115 Å². The zero-order valence-corrected chi connectivity index (χ0v) is 17.2. The van der Waals surface area contributed by atoms with Crippen molar-refractivity contribution in [3.8, 4) is 0 Å². The highest BCUT2D eigenvalue weighted by Crippen LogP contribution is 2.35. The van der Waals surface area contributed by atoms with Gasteiger partial charge in [0, 0.05) is 0 Å². The lowest BCUT2D eigenvalue weighted by Crippen LogP contribution is -2.14. The van der Waals surface area contributed by atoms with Gasteiger partial charge < -0.3 is 0 Å². The fourth-order valence-electron chi connectivity index (χ4n) is 4.11. The summed E-state index contributed by atoms with van der Waals surface area (Å²) >= 11 is 0. The highest BCUT2D eigenvalue weighted by molar-refractivity contribution is 7.73. The van der Waals surface area contributed by atoms with Crippen LogP contribution in [0.25, 0.3) is 21.5 Å². The number of hydrogen-bond acceptors (Lipinski definition) is 0. The number of aryl methyl sites for hydroxylation is 1. The lowest BCUT2D eigenvalue weighted by Gasteiger charge is -2.19. The summed E-state index contributed by atoms with van der Waals surface area (Å²) in [6.07, 6.45) is 2.25. The van der Waals surface area contributed by atoms with Crippen molar-refractivity contribution in [2.45, 2.75) is 6.42 Å². The second-order valence-electron chi connectivity index (χ2n) is 7.41. The van der Waals surface area contributed by atoms with Gasteiger partial charge in [-0.1, -0.05) is 103 Å². The highest BCUT2D eigenvalue weighted by atomic mass is 31.1. The van der Waals surface area contributed by atoms with Gasteiger partial charge in [0.25, 0.3) is 0 Å². The molecule has 0 aliphatic heterocycles. The van der Waals surface area contributed by atoms with E-state index in [0.717, 1.165) is 12.6 Å². The van der Waals surface area contributed by atoms with Gasteiger partial charge in [0.05, 0.1) is 0 Å². The van der Waals surface area contributed by atoms with Crippen molar-refractivity contribution < 1.29 is 0 Å². The van der Waals surface area contributed by atoms with Crippen LogP contribution in [0.15, 0.2) is 115 Å². The van der Waals surface area contributed by atoms with E-state index >= 15 is 0 Å². The predicted octanol–water partition coefficient (Wildman–Crippen LogP) is 6.67.